The van der Waals surface area contributed by atoms with Gasteiger partial charge < -0.3 is 26.0 Å². The largest absolute Gasteiger partial charge is 0.399 e. The van der Waals surface area contributed by atoms with Crippen LogP contribution < -0.4 is 16.4 Å². The summed E-state index contributed by atoms with van der Waals surface area (Å²) in [7, 11) is 3.54. The van der Waals surface area contributed by atoms with E-state index in [0.717, 1.165) is 88.7 Å². The molecule has 5 heterocycles. The summed E-state index contributed by atoms with van der Waals surface area (Å²) in [5.41, 5.74) is 16.4. The van der Waals surface area contributed by atoms with Crippen LogP contribution in [-0.2, 0) is 24.4 Å². The Kier molecular flexibility index (Phi) is 20.3. The summed E-state index contributed by atoms with van der Waals surface area (Å²) in [5, 5.41) is 11.4. The van der Waals surface area contributed by atoms with Crippen LogP contribution in [0.15, 0.2) is 97.0 Å². The van der Waals surface area contributed by atoms with Gasteiger partial charge in [0.2, 0.25) is 0 Å². The first-order chi connectivity index (χ1) is 32.8. The van der Waals surface area contributed by atoms with Crippen molar-refractivity contribution >= 4 is 28.9 Å². The van der Waals surface area contributed by atoms with Crippen LogP contribution in [0.4, 0.5) is 20.2 Å². The third kappa shape index (κ3) is 13.9. The molecule has 7 rings (SSSR count). The van der Waals surface area contributed by atoms with Crippen molar-refractivity contribution in [2.75, 3.05) is 64.5 Å². The van der Waals surface area contributed by atoms with E-state index in [1.165, 1.54) is 18.6 Å². The lowest BCUT2D eigenvalue weighted by atomic mass is 9.89. The lowest BCUT2D eigenvalue weighted by Crippen LogP contribution is -2.38. The number of nitrogens with one attached hydrogen (secondary N) is 2. The molecule has 366 valence electrons. The smallest absolute Gasteiger partial charge is 0.254 e. The molecular formula is C55H75F2N9O2. The number of fused-ring (bicyclic) bond motifs is 1. The van der Waals surface area contributed by atoms with E-state index in [9.17, 15) is 9.18 Å². The number of piperidine rings is 1. The van der Waals surface area contributed by atoms with Crippen LogP contribution in [0.5, 0.6) is 0 Å². The number of rotatable bonds is 16. The molecule has 1 atom stereocenters. The van der Waals surface area contributed by atoms with Crippen LogP contribution in [-0.4, -0.2) is 94.9 Å². The molecule has 1 unspecified atom stereocenters. The van der Waals surface area contributed by atoms with Crippen molar-refractivity contribution < 1.29 is 18.3 Å². The van der Waals surface area contributed by atoms with E-state index in [1.54, 1.807) is 24.3 Å². The molecule has 2 aromatic heterocycles. The van der Waals surface area contributed by atoms with Gasteiger partial charge in [0.25, 0.3) is 5.91 Å². The number of aromatic nitrogens is 3. The number of hydrogen-bond acceptors (Lipinski definition) is 9. The molecule has 0 aliphatic carbocycles. The second-order valence-electron chi connectivity index (χ2n) is 17.6. The lowest BCUT2D eigenvalue weighted by molar-refractivity contribution is 0.0705. The van der Waals surface area contributed by atoms with Crippen molar-refractivity contribution in [2.45, 2.75) is 106 Å². The normalized spacial score (nSPS) is 16.3. The average molecular weight is 932 g/mol. The first-order valence-electron chi connectivity index (χ1n) is 24.2. The van der Waals surface area contributed by atoms with Crippen LogP contribution in [0.1, 0.15) is 116 Å². The van der Waals surface area contributed by atoms with Crippen molar-refractivity contribution in [3.8, 4) is 0 Å². The van der Waals surface area contributed by atoms with Gasteiger partial charge in [-0.2, -0.15) is 5.10 Å². The van der Waals surface area contributed by atoms with E-state index in [2.05, 4.69) is 71.0 Å². The summed E-state index contributed by atoms with van der Waals surface area (Å²) in [5.74, 6) is -0.611. The van der Waals surface area contributed by atoms with Crippen LogP contribution in [0, 0.1) is 25.5 Å². The third-order valence-corrected chi connectivity index (χ3v) is 12.9. The van der Waals surface area contributed by atoms with Crippen molar-refractivity contribution in [2.24, 2.45) is 0 Å². The molecule has 0 bridgehead atoms. The Morgan fingerprint density at radius 2 is 1.81 bits per heavy atom. The molecular weight excluding hydrogens is 857 g/mol. The number of nitrogens with zero attached hydrogens (tertiary/aromatic N) is 6. The number of amides is 1. The zero-order valence-corrected chi connectivity index (χ0v) is 42.0. The molecule has 1 saturated heterocycles. The van der Waals surface area contributed by atoms with E-state index in [1.807, 2.05) is 82.1 Å². The zero-order valence-electron chi connectivity index (χ0n) is 42.0. The Balaban J connectivity index is 0.00000116. The Hall–Kier alpha value is -5.89. The number of nitrogen functional groups attached to an aromatic ring is 1. The molecule has 1 amide bonds. The number of halogens is 2. The van der Waals surface area contributed by atoms with Gasteiger partial charge in [-0.25, -0.2) is 8.78 Å². The number of anilines is 2. The van der Waals surface area contributed by atoms with Crippen LogP contribution in [0.25, 0.3) is 11.6 Å². The number of likely N-dealkylation sites (tertiary alicyclic amines) is 1. The summed E-state index contributed by atoms with van der Waals surface area (Å²) in [4.78, 5) is 24.9. The number of nitrogens with two attached hydrogens (primary N) is 1. The first kappa shape index (κ1) is 53.1. The van der Waals surface area contributed by atoms with Crippen molar-refractivity contribution in [1.82, 2.24) is 34.8 Å². The number of pyridine rings is 1. The maximum Gasteiger partial charge on any atom is 0.254 e. The second-order valence-corrected chi connectivity index (χ2v) is 17.6. The number of ether oxygens (including phenoxy) is 1. The number of likely N-dealkylation sites (N-methyl/N-ethyl adjacent to an activating group) is 1. The standard InChI is InChI=1S/C48H59F2N9O2.C5H10.C2H6/c1-31(24-43-33(3)53-16-10-46(43)54-15-9-39(52-5)14-22-61-6)34(4)57-19-13-36(28-57)47-32(2)23-37(25-45(47)50)48(60)58-20-21-59-41(30-58)27-40(55-59)29-56-17-11-35(12-18-56)42-8-7-38(51)26-44(42)49;1-3-5-4-2;1-2/h7-10,13-16,23-27,34-35,52H,11-12,17-22,28-30,51H2,1-6H3,(H,53,54);3H,1,4-5H2,2H3;1-2H3/b15-9-,31-24+,39-14+;;. The topological polar surface area (TPSA) is 117 Å². The fourth-order valence-electron chi connectivity index (χ4n) is 8.96. The van der Waals surface area contributed by atoms with Crippen molar-refractivity contribution in [3.63, 3.8) is 0 Å². The molecule has 3 aliphatic heterocycles. The van der Waals surface area contributed by atoms with Gasteiger partial charge in [-0.05, 0) is 131 Å². The third-order valence-electron chi connectivity index (χ3n) is 12.9. The number of unbranched alkanes of at least 4 members (excludes halogenated alkanes) is 1. The predicted molar refractivity (Wildman–Crippen MR) is 276 cm³/mol. The molecule has 0 saturated carbocycles. The molecule has 68 heavy (non-hydrogen) atoms. The number of aryl methyl sites for hydroxylation is 2. The minimum atomic E-state index is -0.378. The van der Waals surface area contributed by atoms with Gasteiger partial charge in [-0.1, -0.05) is 57.1 Å². The highest BCUT2D eigenvalue weighted by Crippen LogP contribution is 2.33. The van der Waals surface area contributed by atoms with E-state index in [4.69, 9.17) is 15.6 Å². The number of allylic oxidation sites excluding steroid dienone is 2. The SMILES string of the molecule is C=CCCC.CC.CNC(/C=C\Nc1ccnc(C)c1/C=C(\C)C(C)N1CC=C(c2c(C)cc(C(=O)N3CCn4nc(CN5CCC(c6ccc(N)cc6F)CC5)cc4C3)cc2F)C1)=C/COC. The van der Waals surface area contributed by atoms with E-state index < -0.39 is 0 Å². The second kappa shape index (κ2) is 26.0. The Morgan fingerprint density at radius 3 is 2.47 bits per heavy atom. The monoisotopic (exact) mass is 932 g/mol. The molecule has 2 aromatic carbocycles. The maximum atomic E-state index is 16.1. The Labute approximate surface area is 404 Å². The first-order valence-corrected chi connectivity index (χ1v) is 24.2. The Bertz CT molecular complexity index is 2420. The van der Waals surface area contributed by atoms with Crippen molar-refractivity contribution in [3.05, 3.63) is 154 Å². The minimum Gasteiger partial charge on any atom is -0.399 e. The highest BCUT2D eigenvalue weighted by Gasteiger charge is 2.29. The molecule has 0 radical (unpaired) electrons. The molecule has 13 heteroatoms. The van der Waals surface area contributed by atoms with Gasteiger partial charge in [-0.3, -0.25) is 24.3 Å². The van der Waals surface area contributed by atoms with E-state index in [-0.39, 0.29) is 29.5 Å². The van der Waals surface area contributed by atoms with Gasteiger partial charge >= 0.3 is 0 Å². The van der Waals surface area contributed by atoms with Gasteiger partial charge in [0.15, 0.2) is 0 Å². The molecule has 3 aliphatic rings. The predicted octanol–water partition coefficient (Wildman–Crippen LogP) is 10.7. The van der Waals surface area contributed by atoms with Gasteiger partial charge in [0.05, 0.1) is 31.1 Å². The number of hydrogen-bond donors (Lipinski definition) is 3. The summed E-state index contributed by atoms with van der Waals surface area (Å²) < 4.78 is 37.8. The van der Waals surface area contributed by atoms with Gasteiger partial charge in [0, 0.05) is 98.2 Å². The summed E-state index contributed by atoms with van der Waals surface area (Å²) in [6.07, 6.45) is 18.0. The van der Waals surface area contributed by atoms with Crippen LogP contribution in [0.3, 0.4) is 0 Å². The fraction of sp³-hybridized carbons (Fsp3) is 0.436. The van der Waals surface area contributed by atoms with E-state index >= 15 is 4.39 Å². The number of methoxy groups -OCH3 is 1. The highest BCUT2D eigenvalue weighted by atomic mass is 19.1. The number of benzene rings is 2. The van der Waals surface area contributed by atoms with Gasteiger partial charge in [0.1, 0.15) is 11.6 Å². The summed E-state index contributed by atoms with van der Waals surface area (Å²) in [6.45, 7) is 23.6. The maximum absolute atomic E-state index is 16.1. The van der Waals surface area contributed by atoms with Crippen LogP contribution in [0.2, 0.25) is 0 Å². The van der Waals surface area contributed by atoms with Crippen molar-refractivity contribution in [1.29, 1.82) is 0 Å². The molecule has 11 nitrogen and oxygen atoms in total. The molecule has 4 N–H and O–H groups in total. The lowest BCUT2D eigenvalue weighted by Gasteiger charge is -2.31. The van der Waals surface area contributed by atoms with E-state index in [0.29, 0.717) is 62.7 Å². The average Bonchev–Trinajstić information content (AvgIpc) is 3.99. The summed E-state index contributed by atoms with van der Waals surface area (Å²) >= 11 is 0. The van der Waals surface area contributed by atoms with Gasteiger partial charge in [-0.15, -0.1) is 6.58 Å². The summed E-state index contributed by atoms with van der Waals surface area (Å²) in [6, 6.07) is 12.4. The van der Waals surface area contributed by atoms with Crippen LogP contribution >= 0.6 is 0 Å². The zero-order chi connectivity index (χ0) is 49.3. The molecule has 0 spiro atoms. The Morgan fingerprint density at radius 1 is 1.04 bits per heavy atom. The number of carbonyl (C=O) groups excluding carboxylic acids is 1. The highest BCUT2D eigenvalue weighted by molar-refractivity contribution is 5.95. The molecule has 1 fully saturated rings. The fourth-order valence-corrected chi connectivity index (χ4v) is 8.96. The quantitative estimate of drug-likeness (QED) is 0.0574. The molecule has 4 aromatic rings. The number of carbonyl (C=O) groups is 1. The minimum absolute atomic E-state index is 0.0837.